The number of para-hydroxylation sites is 1. The third-order valence-electron chi connectivity index (χ3n) is 3.74. The largest absolute Gasteiger partial charge is 0.324 e. The van der Waals surface area contributed by atoms with E-state index in [0.29, 0.717) is 11.5 Å². The van der Waals surface area contributed by atoms with Crippen molar-refractivity contribution >= 4 is 39.2 Å². The molecular weight excluding hydrogens is 380 g/mol. The SMILES string of the molecule is Cc1ccccc1NC(=O)c1cnc(Nc2ccc(Br)cc2C)nc1. The van der Waals surface area contributed by atoms with Crippen LogP contribution in [0.3, 0.4) is 0 Å². The first-order valence-electron chi connectivity index (χ1n) is 7.75. The molecule has 1 heterocycles. The maximum absolute atomic E-state index is 12.3. The second kappa shape index (κ2) is 7.44. The van der Waals surface area contributed by atoms with E-state index in [0.717, 1.165) is 27.0 Å². The first-order chi connectivity index (χ1) is 12.0. The van der Waals surface area contributed by atoms with Gasteiger partial charge in [-0.3, -0.25) is 4.79 Å². The topological polar surface area (TPSA) is 66.9 Å². The van der Waals surface area contributed by atoms with Crippen molar-refractivity contribution in [1.82, 2.24) is 9.97 Å². The maximum Gasteiger partial charge on any atom is 0.258 e. The van der Waals surface area contributed by atoms with Gasteiger partial charge < -0.3 is 10.6 Å². The molecule has 0 aliphatic heterocycles. The lowest BCUT2D eigenvalue weighted by Crippen LogP contribution is -2.13. The summed E-state index contributed by atoms with van der Waals surface area (Å²) in [7, 11) is 0. The lowest BCUT2D eigenvalue weighted by atomic mass is 10.2. The van der Waals surface area contributed by atoms with Gasteiger partial charge in [-0.15, -0.1) is 0 Å². The van der Waals surface area contributed by atoms with E-state index in [9.17, 15) is 4.79 Å². The number of carbonyl (C=O) groups is 1. The second-order valence-corrected chi connectivity index (χ2v) is 6.56. The molecule has 0 bridgehead atoms. The summed E-state index contributed by atoms with van der Waals surface area (Å²) < 4.78 is 1.01. The van der Waals surface area contributed by atoms with Gasteiger partial charge in [0, 0.05) is 28.2 Å². The number of carbonyl (C=O) groups excluding carboxylic acids is 1. The summed E-state index contributed by atoms with van der Waals surface area (Å²) in [5.41, 5.74) is 4.17. The zero-order valence-electron chi connectivity index (χ0n) is 13.9. The Morgan fingerprint density at radius 3 is 2.36 bits per heavy atom. The lowest BCUT2D eigenvalue weighted by Gasteiger charge is -2.10. The van der Waals surface area contributed by atoms with Crippen molar-refractivity contribution in [2.75, 3.05) is 10.6 Å². The minimum absolute atomic E-state index is 0.235. The quantitative estimate of drug-likeness (QED) is 0.661. The van der Waals surface area contributed by atoms with Gasteiger partial charge in [0.15, 0.2) is 0 Å². The molecule has 2 aromatic carbocycles. The molecule has 0 saturated heterocycles. The molecule has 0 fully saturated rings. The summed E-state index contributed by atoms with van der Waals surface area (Å²) >= 11 is 3.44. The van der Waals surface area contributed by atoms with Crippen molar-refractivity contribution in [3.8, 4) is 0 Å². The highest BCUT2D eigenvalue weighted by Gasteiger charge is 2.09. The molecule has 25 heavy (non-hydrogen) atoms. The zero-order chi connectivity index (χ0) is 17.8. The highest BCUT2D eigenvalue weighted by molar-refractivity contribution is 9.10. The normalized spacial score (nSPS) is 10.4. The van der Waals surface area contributed by atoms with Crippen LogP contribution in [0.2, 0.25) is 0 Å². The van der Waals surface area contributed by atoms with Crippen LogP contribution in [-0.2, 0) is 0 Å². The average Bonchev–Trinajstić information content (AvgIpc) is 2.60. The number of nitrogens with zero attached hydrogens (tertiary/aromatic N) is 2. The van der Waals surface area contributed by atoms with Crippen molar-refractivity contribution in [3.05, 3.63) is 76.0 Å². The van der Waals surface area contributed by atoms with E-state index < -0.39 is 0 Å². The van der Waals surface area contributed by atoms with Crippen molar-refractivity contribution in [1.29, 1.82) is 0 Å². The van der Waals surface area contributed by atoms with Crippen LogP contribution in [-0.4, -0.2) is 15.9 Å². The highest BCUT2D eigenvalue weighted by Crippen LogP contribution is 2.22. The number of aryl methyl sites for hydroxylation is 2. The molecule has 0 radical (unpaired) electrons. The summed E-state index contributed by atoms with van der Waals surface area (Å²) in [5.74, 6) is 0.207. The summed E-state index contributed by atoms with van der Waals surface area (Å²) in [4.78, 5) is 20.8. The number of anilines is 3. The highest BCUT2D eigenvalue weighted by atomic mass is 79.9. The van der Waals surface area contributed by atoms with Crippen LogP contribution in [0, 0.1) is 13.8 Å². The first-order valence-corrected chi connectivity index (χ1v) is 8.54. The van der Waals surface area contributed by atoms with E-state index in [4.69, 9.17) is 0 Å². The molecule has 0 atom stereocenters. The Morgan fingerprint density at radius 1 is 0.960 bits per heavy atom. The summed E-state index contributed by atoms with van der Waals surface area (Å²) in [5, 5.41) is 6.02. The minimum atomic E-state index is -0.235. The molecule has 0 aliphatic rings. The molecule has 0 saturated carbocycles. The van der Waals surface area contributed by atoms with Crippen LogP contribution >= 0.6 is 15.9 Å². The number of aromatic nitrogens is 2. The third kappa shape index (κ3) is 4.22. The first kappa shape index (κ1) is 17.1. The van der Waals surface area contributed by atoms with Gasteiger partial charge in [0.05, 0.1) is 5.56 Å². The van der Waals surface area contributed by atoms with Gasteiger partial charge in [-0.25, -0.2) is 9.97 Å². The molecule has 1 aromatic heterocycles. The zero-order valence-corrected chi connectivity index (χ0v) is 15.5. The Balaban J connectivity index is 1.71. The molecular formula is C19H17BrN4O. The van der Waals surface area contributed by atoms with Crippen LogP contribution in [0.25, 0.3) is 0 Å². The number of amides is 1. The van der Waals surface area contributed by atoms with Gasteiger partial charge in [-0.1, -0.05) is 34.1 Å². The monoisotopic (exact) mass is 396 g/mol. The Hall–Kier alpha value is -2.73. The Labute approximate surface area is 154 Å². The second-order valence-electron chi connectivity index (χ2n) is 5.65. The van der Waals surface area contributed by atoms with E-state index in [-0.39, 0.29) is 5.91 Å². The number of hydrogen-bond donors (Lipinski definition) is 2. The van der Waals surface area contributed by atoms with E-state index in [2.05, 4.69) is 36.5 Å². The molecule has 0 unspecified atom stereocenters. The predicted molar refractivity (Wildman–Crippen MR) is 103 cm³/mol. The van der Waals surface area contributed by atoms with E-state index >= 15 is 0 Å². The fourth-order valence-electron chi connectivity index (χ4n) is 2.31. The third-order valence-corrected chi connectivity index (χ3v) is 4.24. The lowest BCUT2D eigenvalue weighted by molar-refractivity contribution is 0.102. The number of halogens is 1. The van der Waals surface area contributed by atoms with Crippen LogP contribution in [0.5, 0.6) is 0 Å². The molecule has 126 valence electrons. The standard InChI is InChI=1S/C19H17BrN4O/c1-12-5-3-4-6-16(12)23-18(25)14-10-21-19(22-11-14)24-17-8-7-15(20)9-13(17)2/h3-11H,1-2H3,(H,23,25)(H,21,22,24). The van der Waals surface area contributed by atoms with Gasteiger partial charge in [0.25, 0.3) is 5.91 Å². The van der Waals surface area contributed by atoms with E-state index in [1.54, 1.807) is 0 Å². The molecule has 6 heteroatoms. The van der Waals surface area contributed by atoms with Crippen LogP contribution in [0.4, 0.5) is 17.3 Å². The van der Waals surface area contributed by atoms with Crippen LogP contribution in [0.1, 0.15) is 21.5 Å². The predicted octanol–water partition coefficient (Wildman–Crippen LogP) is 4.85. The van der Waals surface area contributed by atoms with Gasteiger partial charge in [-0.05, 0) is 49.2 Å². The Morgan fingerprint density at radius 2 is 1.68 bits per heavy atom. The van der Waals surface area contributed by atoms with Gasteiger partial charge in [0.2, 0.25) is 5.95 Å². The summed E-state index contributed by atoms with van der Waals surface area (Å²) in [6.07, 6.45) is 3.02. The minimum Gasteiger partial charge on any atom is -0.324 e. The smallest absolute Gasteiger partial charge is 0.258 e. The number of benzene rings is 2. The molecule has 1 amide bonds. The van der Waals surface area contributed by atoms with Crippen molar-refractivity contribution in [2.24, 2.45) is 0 Å². The van der Waals surface area contributed by atoms with Crippen molar-refractivity contribution in [3.63, 3.8) is 0 Å². The summed E-state index contributed by atoms with van der Waals surface area (Å²) in [6.45, 7) is 3.94. The molecule has 0 spiro atoms. The maximum atomic E-state index is 12.3. The molecule has 3 rings (SSSR count). The summed E-state index contributed by atoms with van der Waals surface area (Å²) in [6, 6.07) is 13.5. The number of nitrogens with one attached hydrogen (secondary N) is 2. The fraction of sp³-hybridized carbons (Fsp3) is 0.105. The van der Waals surface area contributed by atoms with E-state index in [1.807, 2.05) is 56.3 Å². The molecule has 0 aliphatic carbocycles. The van der Waals surface area contributed by atoms with Crippen LogP contribution in [0.15, 0.2) is 59.3 Å². The number of rotatable bonds is 4. The van der Waals surface area contributed by atoms with Gasteiger partial charge in [-0.2, -0.15) is 0 Å². The Kier molecular flexibility index (Phi) is 5.09. The molecule has 5 nitrogen and oxygen atoms in total. The van der Waals surface area contributed by atoms with Crippen molar-refractivity contribution < 1.29 is 4.79 Å². The van der Waals surface area contributed by atoms with Gasteiger partial charge in [0.1, 0.15) is 0 Å². The fourth-order valence-corrected chi connectivity index (χ4v) is 2.78. The van der Waals surface area contributed by atoms with E-state index in [1.165, 1.54) is 12.4 Å². The molecule has 2 N–H and O–H groups in total. The molecule has 3 aromatic rings. The van der Waals surface area contributed by atoms with Gasteiger partial charge >= 0.3 is 0 Å². The number of hydrogen-bond acceptors (Lipinski definition) is 4. The Bertz CT molecular complexity index is 910. The van der Waals surface area contributed by atoms with Crippen LogP contribution < -0.4 is 10.6 Å². The average molecular weight is 397 g/mol. The van der Waals surface area contributed by atoms with Crippen molar-refractivity contribution in [2.45, 2.75) is 13.8 Å².